The summed E-state index contributed by atoms with van der Waals surface area (Å²) >= 11 is 1.22. The zero-order chi connectivity index (χ0) is 22.9. The SMILES string of the molecule is Cc1ccc2c(c1)=C/C(=C/c1sc(=Nc3ccccc3)n(-c3ccc(F)cc3)c1O)C(=O)N=2. The molecule has 0 aliphatic carbocycles. The van der Waals surface area contributed by atoms with Gasteiger partial charge >= 0.3 is 0 Å². The Morgan fingerprint density at radius 1 is 1.06 bits per heavy atom. The predicted octanol–water partition coefficient (Wildman–Crippen LogP) is 3.95. The van der Waals surface area contributed by atoms with Gasteiger partial charge in [-0.15, -0.1) is 0 Å². The number of fused-ring (bicyclic) bond motifs is 1. The number of thiazole rings is 1. The Labute approximate surface area is 192 Å². The van der Waals surface area contributed by atoms with E-state index in [2.05, 4.69) is 9.98 Å². The smallest absolute Gasteiger partial charge is 0.277 e. The highest BCUT2D eigenvalue weighted by Gasteiger charge is 2.17. The molecule has 1 aromatic heterocycles. The topological polar surface area (TPSA) is 66.9 Å². The number of aromatic nitrogens is 1. The van der Waals surface area contributed by atoms with Crippen LogP contribution in [0.2, 0.25) is 0 Å². The third-order valence-corrected chi connectivity index (χ3v) is 6.12. The predicted molar refractivity (Wildman–Crippen MR) is 126 cm³/mol. The van der Waals surface area contributed by atoms with Crippen LogP contribution in [0.1, 0.15) is 10.4 Å². The van der Waals surface area contributed by atoms with E-state index < -0.39 is 0 Å². The van der Waals surface area contributed by atoms with Crippen LogP contribution < -0.4 is 15.4 Å². The molecule has 1 aliphatic heterocycles. The fourth-order valence-electron chi connectivity index (χ4n) is 3.53. The lowest BCUT2D eigenvalue weighted by Gasteiger charge is -2.06. The Hall–Kier alpha value is -4.10. The van der Waals surface area contributed by atoms with Gasteiger partial charge in [-0.1, -0.05) is 41.2 Å². The number of rotatable bonds is 3. The summed E-state index contributed by atoms with van der Waals surface area (Å²) in [6.45, 7) is 1.97. The first-order chi connectivity index (χ1) is 16.0. The van der Waals surface area contributed by atoms with Crippen molar-refractivity contribution in [1.82, 2.24) is 4.57 Å². The lowest BCUT2D eigenvalue weighted by molar-refractivity contribution is -0.114. The highest BCUT2D eigenvalue weighted by atomic mass is 32.1. The average Bonchev–Trinajstić information content (AvgIpc) is 3.10. The van der Waals surface area contributed by atoms with Gasteiger partial charge in [0.05, 0.1) is 21.6 Å². The minimum atomic E-state index is -0.381. The van der Waals surface area contributed by atoms with E-state index in [0.717, 1.165) is 10.8 Å². The number of halogens is 1. The van der Waals surface area contributed by atoms with Gasteiger partial charge in [-0.2, -0.15) is 0 Å². The van der Waals surface area contributed by atoms with Crippen LogP contribution in [0, 0.1) is 12.7 Å². The summed E-state index contributed by atoms with van der Waals surface area (Å²) in [6, 6.07) is 20.8. The summed E-state index contributed by atoms with van der Waals surface area (Å²) < 4.78 is 15.0. The van der Waals surface area contributed by atoms with Crippen LogP contribution in [-0.4, -0.2) is 15.6 Å². The van der Waals surface area contributed by atoms with E-state index in [-0.39, 0.29) is 17.6 Å². The minimum Gasteiger partial charge on any atom is -0.493 e. The molecule has 0 radical (unpaired) electrons. The molecule has 1 aliphatic rings. The molecule has 1 amide bonds. The Morgan fingerprint density at radius 3 is 2.58 bits per heavy atom. The van der Waals surface area contributed by atoms with E-state index >= 15 is 0 Å². The standard InChI is InChI=1S/C26H18FN3O2S/c1-16-7-12-22-17(13-16)14-18(24(31)29-22)15-23-25(32)30(21-10-8-19(27)9-11-21)26(33-23)28-20-5-3-2-4-6-20/h2-15,32H,1H3/b18-15-,28-26?. The number of benzene rings is 3. The van der Waals surface area contributed by atoms with E-state index in [1.165, 1.54) is 28.0 Å². The Kier molecular flexibility index (Phi) is 5.32. The summed E-state index contributed by atoms with van der Waals surface area (Å²) in [5.74, 6) is -0.852. The summed E-state index contributed by atoms with van der Waals surface area (Å²) in [7, 11) is 0. The molecule has 0 unspecified atom stereocenters. The molecular weight excluding hydrogens is 437 g/mol. The van der Waals surface area contributed by atoms with Gasteiger partial charge in [0.1, 0.15) is 5.82 Å². The second kappa shape index (κ2) is 8.44. The highest BCUT2D eigenvalue weighted by molar-refractivity contribution is 7.10. The maximum atomic E-state index is 13.5. The minimum absolute atomic E-state index is 0.0926. The molecule has 7 heteroatoms. The van der Waals surface area contributed by atoms with E-state index in [9.17, 15) is 14.3 Å². The van der Waals surface area contributed by atoms with Crippen molar-refractivity contribution in [2.75, 3.05) is 0 Å². The highest BCUT2D eigenvalue weighted by Crippen LogP contribution is 2.28. The molecule has 5 nitrogen and oxygen atoms in total. The number of aromatic hydroxyl groups is 1. The number of para-hydroxylation sites is 1. The summed E-state index contributed by atoms with van der Waals surface area (Å²) in [4.78, 5) is 22.4. The zero-order valence-corrected chi connectivity index (χ0v) is 18.4. The van der Waals surface area contributed by atoms with Gasteiger partial charge in [0.15, 0.2) is 4.80 Å². The van der Waals surface area contributed by atoms with Crippen molar-refractivity contribution < 1.29 is 14.3 Å². The Bertz CT molecular complexity index is 1600. The third-order valence-electron chi connectivity index (χ3n) is 5.14. The number of aryl methyl sites for hydroxylation is 1. The van der Waals surface area contributed by atoms with Gasteiger partial charge < -0.3 is 5.11 Å². The first-order valence-corrected chi connectivity index (χ1v) is 11.0. The van der Waals surface area contributed by atoms with Crippen LogP contribution in [-0.2, 0) is 4.79 Å². The van der Waals surface area contributed by atoms with E-state index in [1.54, 1.807) is 24.3 Å². The lowest BCUT2D eigenvalue weighted by Crippen LogP contribution is -2.30. The second-order valence-corrected chi connectivity index (χ2v) is 8.56. The molecule has 1 N–H and O–H groups in total. The fraction of sp³-hybridized carbons (Fsp3) is 0.0385. The molecule has 0 saturated carbocycles. The van der Waals surface area contributed by atoms with Crippen LogP contribution in [0.5, 0.6) is 5.88 Å². The van der Waals surface area contributed by atoms with Crippen molar-refractivity contribution in [3.05, 3.63) is 110 Å². The van der Waals surface area contributed by atoms with Crippen molar-refractivity contribution in [2.24, 2.45) is 9.98 Å². The molecule has 33 heavy (non-hydrogen) atoms. The molecule has 0 fully saturated rings. The summed E-state index contributed by atoms with van der Waals surface area (Å²) in [5, 5.41) is 12.6. The van der Waals surface area contributed by atoms with E-state index in [0.29, 0.717) is 32.0 Å². The van der Waals surface area contributed by atoms with Crippen molar-refractivity contribution in [3.63, 3.8) is 0 Å². The van der Waals surface area contributed by atoms with Gasteiger partial charge in [-0.05, 0) is 67.6 Å². The number of carbonyl (C=O) groups excluding carboxylic acids is 1. The molecule has 5 rings (SSSR count). The normalized spacial score (nSPS) is 14.7. The first-order valence-electron chi connectivity index (χ1n) is 10.2. The van der Waals surface area contributed by atoms with Crippen molar-refractivity contribution in [3.8, 4) is 11.6 Å². The average molecular weight is 456 g/mol. The first kappa shape index (κ1) is 20.8. The molecule has 3 aromatic carbocycles. The van der Waals surface area contributed by atoms with Gasteiger partial charge in [0.25, 0.3) is 5.91 Å². The van der Waals surface area contributed by atoms with Gasteiger partial charge in [0, 0.05) is 10.8 Å². The lowest BCUT2D eigenvalue weighted by atomic mass is 10.1. The molecule has 0 saturated heterocycles. The monoisotopic (exact) mass is 455 g/mol. The van der Waals surface area contributed by atoms with Crippen molar-refractivity contribution in [1.29, 1.82) is 0 Å². The zero-order valence-electron chi connectivity index (χ0n) is 17.6. The number of carbonyl (C=O) groups is 1. The number of nitrogens with zero attached hydrogens (tertiary/aromatic N) is 3. The second-order valence-electron chi connectivity index (χ2n) is 7.55. The Balaban J connectivity index is 1.71. The summed E-state index contributed by atoms with van der Waals surface area (Å²) in [6.07, 6.45) is 3.38. The molecule has 162 valence electrons. The number of hydrogen-bond acceptors (Lipinski definition) is 4. The quantitative estimate of drug-likeness (QED) is 0.476. The van der Waals surface area contributed by atoms with E-state index in [1.807, 2.05) is 55.5 Å². The fourth-order valence-corrected chi connectivity index (χ4v) is 4.53. The van der Waals surface area contributed by atoms with Gasteiger partial charge in [-0.25, -0.2) is 14.4 Å². The van der Waals surface area contributed by atoms with Crippen LogP contribution in [0.4, 0.5) is 10.1 Å². The van der Waals surface area contributed by atoms with Crippen LogP contribution >= 0.6 is 11.3 Å². The Morgan fingerprint density at radius 2 is 1.82 bits per heavy atom. The van der Waals surface area contributed by atoms with Crippen molar-refractivity contribution in [2.45, 2.75) is 6.92 Å². The van der Waals surface area contributed by atoms with Crippen LogP contribution in [0.15, 0.2) is 88.4 Å². The molecular formula is C26H18FN3O2S. The molecule has 2 heterocycles. The number of amides is 1. The maximum absolute atomic E-state index is 13.5. The van der Waals surface area contributed by atoms with Crippen LogP contribution in [0.3, 0.4) is 0 Å². The molecule has 0 atom stereocenters. The molecule has 0 spiro atoms. The largest absolute Gasteiger partial charge is 0.493 e. The molecule has 4 aromatic rings. The summed E-state index contributed by atoms with van der Waals surface area (Å²) in [5.41, 5.74) is 2.68. The van der Waals surface area contributed by atoms with Crippen molar-refractivity contribution >= 4 is 35.1 Å². The van der Waals surface area contributed by atoms with Crippen LogP contribution in [0.25, 0.3) is 17.8 Å². The maximum Gasteiger partial charge on any atom is 0.277 e. The third kappa shape index (κ3) is 4.18. The van der Waals surface area contributed by atoms with E-state index in [4.69, 9.17) is 0 Å². The van der Waals surface area contributed by atoms with Gasteiger partial charge in [0.2, 0.25) is 5.88 Å². The number of hydrogen-bond donors (Lipinski definition) is 1. The molecule has 0 bridgehead atoms. The van der Waals surface area contributed by atoms with Gasteiger partial charge in [-0.3, -0.25) is 9.36 Å².